The molecule has 38 heavy (non-hydrogen) atoms. The third-order valence-electron chi connectivity index (χ3n) is 6.30. The summed E-state index contributed by atoms with van der Waals surface area (Å²) >= 11 is 9.98. The van der Waals surface area contributed by atoms with Gasteiger partial charge in [0.1, 0.15) is 11.5 Å². The van der Waals surface area contributed by atoms with Gasteiger partial charge < -0.3 is 15.6 Å². The number of anilines is 1. The number of halogens is 2. The van der Waals surface area contributed by atoms with Gasteiger partial charge >= 0.3 is 0 Å². The normalized spacial score (nSPS) is 11.2. The molecule has 188 valence electrons. The summed E-state index contributed by atoms with van der Waals surface area (Å²) in [6, 6.07) is 27.4. The van der Waals surface area contributed by atoms with E-state index < -0.39 is 0 Å². The zero-order valence-corrected chi connectivity index (χ0v) is 22.4. The van der Waals surface area contributed by atoms with Gasteiger partial charge in [0.15, 0.2) is 5.65 Å². The molecular formula is C29H22BrClN6O. The van der Waals surface area contributed by atoms with Gasteiger partial charge in [0.2, 0.25) is 0 Å². The fourth-order valence-corrected chi connectivity index (χ4v) is 4.89. The highest BCUT2D eigenvalue weighted by Crippen LogP contribution is 2.30. The van der Waals surface area contributed by atoms with Crippen LogP contribution in [0, 0.1) is 0 Å². The number of fused-ring (bicyclic) bond motifs is 2. The Kier molecular flexibility index (Phi) is 6.57. The lowest BCUT2D eigenvalue weighted by molar-refractivity contribution is 0.0946. The summed E-state index contributed by atoms with van der Waals surface area (Å²) in [6.07, 6.45) is 1.73. The number of carbonyl (C=O) groups excluding carboxylic acids is 1. The summed E-state index contributed by atoms with van der Waals surface area (Å²) in [6.45, 7) is 1.02. The average molecular weight is 586 g/mol. The maximum Gasteiger partial charge on any atom is 0.267 e. The molecule has 3 aromatic carbocycles. The first-order valence-electron chi connectivity index (χ1n) is 12.0. The second-order valence-corrected chi connectivity index (χ2v) is 10.1. The highest BCUT2D eigenvalue weighted by Gasteiger charge is 2.13. The van der Waals surface area contributed by atoms with E-state index in [0.29, 0.717) is 29.5 Å². The first kappa shape index (κ1) is 24.2. The molecule has 3 heterocycles. The molecule has 0 aliphatic rings. The maximum absolute atomic E-state index is 12.6. The van der Waals surface area contributed by atoms with Crippen LogP contribution in [0.4, 0.5) is 5.82 Å². The van der Waals surface area contributed by atoms with Crippen molar-refractivity contribution in [2.24, 2.45) is 0 Å². The molecule has 0 spiro atoms. The monoisotopic (exact) mass is 584 g/mol. The van der Waals surface area contributed by atoms with E-state index in [1.165, 1.54) is 0 Å². The summed E-state index contributed by atoms with van der Waals surface area (Å²) in [4.78, 5) is 20.5. The minimum absolute atomic E-state index is 0.131. The summed E-state index contributed by atoms with van der Waals surface area (Å²) < 4.78 is 2.56. The van der Waals surface area contributed by atoms with Crippen LogP contribution in [0.3, 0.4) is 0 Å². The van der Waals surface area contributed by atoms with E-state index in [4.69, 9.17) is 16.6 Å². The maximum atomic E-state index is 12.6. The Hall–Kier alpha value is -4.14. The second-order valence-electron chi connectivity index (χ2n) is 8.86. The van der Waals surface area contributed by atoms with E-state index in [0.717, 1.165) is 43.6 Å². The van der Waals surface area contributed by atoms with Crippen LogP contribution in [0.2, 0.25) is 5.02 Å². The number of hydrogen-bond donors (Lipinski definition) is 3. The van der Waals surface area contributed by atoms with Crippen LogP contribution < -0.4 is 10.6 Å². The van der Waals surface area contributed by atoms with E-state index in [1.54, 1.807) is 10.7 Å². The zero-order valence-electron chi connectivity index (χ0n) is 20.1. The predicted octanol–water partition coefficient (Wildman–Crippen LogP) is 6.84. The van der Waals surface area contributed by atoms with Crippen LogP contribution in [0.1, 0.15) is 21.6 Å². The molecule has 6 aromatic rings. The Balaban J connectivity index is 1.14. The quantitative estimate of drug-likeness (QED) is 0.192. The van der Waals surface area contributed by atoms with Crippen molar-refractivity contribution >= 4 is 55.8 Å². The molecule has 0 unspecified atom stereocenters. The Morgan fingerprint density at radius 3 is 2.47 bits per heavy atom. The minimum Gasteiger partial charge on any atom is -0.366 e. The van der Waals surface area contributed by atoms with Crippen molar-refractivity contribution in [2.75, 3.05) is 5.32 Å². The topological polar surface area (TPSA) is 87.1 Å². The van der Waals surface area contributed by atoms with Gasteiger partial charge in [-0.05, 0) is 45.3 Å². The molecule has 6 rings (SSSR count). The van der Waals surface area contributed by atoms with Gasteiger partial charge in [-0.15, -0.1) is 0 Å². The van der Waals surface area contributed by atoms with Gasteiger partial charge in [-0.1, -0.05) is 72.3 Å². The average Bonchev–Trinajstić information content (AvgIpc) is 3.55. The van der Waals surface area contributed by atoms with E-state index in [-0.39, 0.29) is 5.91 Å². The SMILES string of the molecule is O=C(NCc1ccc(CNc2cc(-c3ccccc3Cl)nc3c(Br)cnn23)cc1)c1cc2ccccc2[nH]1. The summed E-state index contributed by atoms with van der Waals surface area (Å²) in [7, 11) is 0. The number of amides is 1. The van der Waals surface area contributed by atoms with Crippen LogP contribution in [-0.2, 0) is 13.1 Å². The molecule has 0 aliphatic heterocycles. The number of hydrogen-bond acceptors (Lipinski definition) is 4. The lowest BCUT2D eigenvalue weighted by Gasteiger charge is -2.12. The Labute approximate surface area is 232 Å². The highest BCUT2D eigenvalue weighted by molar-refractivity contribution is 9.10. The van der Waals surface area contributed by atoms with E-state index in [1.807, 2.05) is 84.9 Å². The molecule has 3 aromatic heterocycles. The first-order chi connectivity index (χ1) is 18.5. The number of H-pyrrole nitrogens is 1. The number of aromatic nitrogens is 4. The fraction of sp³-hybridized carbons (Fsp3) is 0.0690. The van der Waals surface area contributed by atoms with E-state index >= 15 is 0 Å². The van der Waals surface area contributed by atoms with Gasteiger partial charge in [-0.25, -0.2) is 4.98 Å². The van der Waals surface area contributed by atoms with Gasteiger partial charge in [0.05, 0.1) is 16.4 Å². The number of rotatable bonds is 7. The summed E-state index contributed by atoms with van der Waals surface area (Å²) in [5.41, 5.74) is 5.91. The van der Waals surface area contributed by atoms with Gasteiger partial charge in [-0.2, -0.15) is 9.61 Å². The molecule has 7 nitrogen and oxygen atoms in total. The number of carbonyl (C=O) groups is 1. The third-order valence-corrected chi connectivity index (χ3v) is 7.19. The van der Waals surface area contributed by atoms with Crippen molar-refractivity contribution in [3.63, 3.8) is 0 Å². The largest absolute Gasteiger partial charge is 0.366 e. The Bertz CT molecular complexity index is 1740. The molecule has 0 bridgehead atoms. The predicted molar refractivity (Wildman–Crippen MR) is 154 cm³/mol. The van der Waals surface area contributed by atoms with Crippen LogP contribution in [0.5, 0.6) is 0 Å². The lowest BCUT2D eigenvalue weighted by Crippen LogP contribution is -2.23. The molecule has 0 saturated heterocycles. The molecule has 9 heteroatoms. The van der Waals surface area contributed by atoms with Gasteiger partial charge in [0, 0.05) is 40.6 Å². The van der Waals surface area contributed by atoms with Crippen LogP contribution >= 0.6 is 27.5 Å². The van der Waals surface area contributed by atoms with Crippen molar-refractivity contribution in [3.05, 3.63) is 117 Å². The van der Waals surface area contributed by atoms with Gasteiger partial charge in [-0.3, -0.25) is 4.79 Å². The highest BCUT2D eigenvalue weighted by atomic mass is 79.9. The van der Waals surface area contributed by atoms with Crippen molar-refractivity contribution < 1.29 is 4.79 Å². The number of benzene rings is 3. The van der Waals surface area contributed by atoms with Crippen molar-refractivity contribution in [1.82, 2.24) is 24.9 Å². The number of para-hydroxylation sites is 1. The summed E-state index contributed by atoms with van der Waals surface area (Å²) in [5.74, 6) is 0.665. The molecule has 3 N–H and O–H groups in total. The molecule has 0 atom stereocenters. The van der Waals surface area contributed by atoms with Crippen molar-refractivity contribution in [3.8, 4) is 11.3 Å². The fourth-order valence-electron chi connectivity index (χ4n) is 4.31. The molecular weight excluding hydrogens is 564 g/mol. The number of nitrogens with one attached hydrogen (secondary N) is 3. The summed E-state index contributed by atoms with van der Waals surface area (Å²) in [5, 5.41) is 12.6. The third kappa shape index (κ3) is 4.88. The Morgan fingerprint density at radius 1 is 0.947 bits per heavy atom. The number of aromatic amines is 1. The molecule has 0 saturated carbocycles. The smallest absolute Gasteiger partial charge is 0.267 e. The van der Waals surface area contributed by atoms with Crippen molar-refractivity contribution in [1.29, 1.82) is 0 Å². The minimum atomic E-state index is -0.131. The van der Waals surface area contributed by atoms with E-state index in [2.05, 4.69) is 36.6 Å². The van der Waals surface area contributed by atoms with Gasteiger partial charge in [0.25, 0.3) is 5.91 Å². The Morgan fingerprint density at radius 2 is 1.68 bits per heavy atom. The molecule has 1 amide bonds. The molecule has 0 aliphatic carbocycles. The molecule has 0 radical (unpaired) electrons. The molecule has 0 fully saturated rings. The van der Waals surface area contributed by atoms with Crippen LogP contribution in [0.15, 0.2) is 95.6 Å². The zero-order chi connectivity index (χ0) is 26.1. The second kappa shape index (κ2) is 10.3. The van der Waals surface area contributed by atoms with Crippen molar-refractivity contribution in [2.45, 2.75) is 13.1 Å². The first-order valence-corrected chi connectivity index (χ1v) is 13.2. The van der Waals surface area contributed by atoms with Crippen LogP contribution in [0.25, 0.3) is 27.8 Å². The standard InChI is InChI=1S/C29H22BrClN6O/c30-22-17-34-37-27(14-25(36-28(22)37)21-6-2-3-7-23(21)31)32-15-18-9-11-19(12-10-18)16-33-29(38)26-13-20-5-1-4-8-24(20)35-26/h1-14,17,32,35H,15-16H2,(H,33,38). The van der Waals surface area contributed by atoms with E-state index in [9.17, 15) is 4.79 Å². The number of nitrogens with zero attached hydrogens (tertiary/aromatic N) is 3. The van der Waals surface area contributed by atoms with Crippen LogP contribution in [-0.4, -0.2) is 25.5 Å². The lowest BCUT2D eigenvalue weighted by atomic mass is 10.1.